The van der Waals surface area contributed by atoms with Gasteiger partial charge in [0.05, 0.1) is 24.6 Å². The number of carbonyl (C=O) groups is 1. The molecule has 6 nitrogen and oxygen atoms in total. The smallest absolute Gasteiger partial charge is 0.393 e. The number of nitriles is 1. The van der Waals surface area contributed by atoms with Crippen molar-refractivity contribution in [1.82, 2.24) is 4.98 Å². The Balaban J connectivity index is 1.45. The molecule has 9 heteroatoms. The monoisotopic (exact) mass is 441 g/mol. The number of nitrogens with zero attached hydrogens (tertiary/aromatic N) is 3. The summed E-state index contributed by atoms with van der Waals surface area (Å²) in [6.07, 6.45) is -4.22. The SMILES string of the molecule is N#Cc1ccnc2c(OC[C@@H]3CN(c4ccc(CC(F)(F)F)cc4)C(=O)CO3)cccc12. The molecule has 1 saturated heterocycles. The van der Waals surface area contributed by atoms with Crippen molar-refractivity contribution in [1.29, 1.82) is 5.26 Å². The summed E-state index contributed by atoms with van der Waals surface area (Å²) in [6.45, 7) is 0.164. The van der Waals surface area contributed by atoms with Gasteiger partial charge in [0.15, 0.2) is 0 Å². The molecule has 4 rings (SSSR count). The number of hydrogen-bond donors (Lipinski definition) is 0. The number of pyridine rings is 1. The highest BCUT2D eigenvalue weighted by Crippen LogP contribution is 2.27. The first-order valence-corrected chi connectivity index (χ1v) is 9.82. The van der Waals surface area contributed by atoms with Gasteiger partial charge in [-0.15, -0.1) is 0 Å². The second-order valence-electron chi connectivity index (χ2n) is 7.33. The van der Waals surface area contributed by atoms with Crippen LogP contribution in [0.2, 0.25) is 0 Å². The van der Waals surface area contributed by atoms with Crippen LogP contribution in [0.15, 0.2) is 54.7 Å². The summed E-state index contributed by atoms with van der Waals surface area (Å²) in [6, 6.07) is 14.8. The van der Waals surface area contributed by atoms with E-state index < -0.39 is 18.7 Å². The van der Waals surface area contributed by atoms with E-state index in [0.717, 1.165) is 0 Å². The van der Waals surface area contributed by atoms with Crippen molar-refractivity contribution in [3.8, 4) is 11.8 Å². The lowest BCUT2D eigenvalue weighted by Crippen LogP contribution is -2.48. The molecule has 32 heavy (non-hydrogen) atoms. The average Bonchev–Trinajstić information content (AvgIpc) is 2.77. The molecule has 1 aliphatic heterocycles. The zero-order valence-corrected chi connectivity index (χ0v) is 16.8. The summed E-state index contributed by atoms with van der Waals surface area (Å²) in [5, 5.41) is 9.94. The van der Waals surface area contributed by atoms with Crippen molar-refractivity contribution >= 4 is 22.5 Å². The summed E-state index contributed by atoms with van der Waals surface area (Å²) < 4.78 is 49.1. The third kappa shape index (κ3) is 4.81. The molecule has 164 valence electrons. The maximum atomic E-state index is 12.6. The predicted octanol–water partition coefficient (Wildman–Crippen LogP) is 4.02. The molecule has 0 unspecified atom stereocenters. The van der Waals surface area contributed by atoms with Gasteiger partial charge in [-0.05, 0) is 29.8 Å². The fraction of sp³-hybridized carbons (Fsp3) is 0.261. The van der Waals surface area contributed by atoms with E-state index in [1.165, 1.54) is 35.4 Å². The zero-order chi connectivity index (χ0) is 22.7. The Morgan fingerprint density at radius 2 is 1.97 bits per heavy atom. The Bertz CT molecular complexity index is 1170. The highest BCUT2D eigenvalue weighted by atomic mass is 19.4. The molecule has 1 aromatic heterocycles. The van der Waals surface area contributed by atoms with Gasteiger partial charge < -0.3 is 14.4 Å². The number of aromatic nitrogens is 1. The van der Waals surface area contributed by atoms with Gasteiger partial charge >= 0.3 is 6.18 Å². The van der Waals surface area contributed by atoms with Gasteiger partial charge in [0.25, 0.3) is 5.91 Å². The largest absolute Gasteiger partial charge is 0.489 e. The second-order valence-corrected chi connectivity index (χ2v) is 7.33. The normalized spacial score (nSPS) is 16.8. The molecule has 2 aromatic carbocycles. The number of carbonyl (C=O) groups excluding carboxylic acids is 1. The van der Waals surface area contributed by atoms with E-state index in [4.69, 9.17) is 9.47 Å². The number of para-hydroxylation sites is 1. The molecule has 0 aliphatic carbocycles. The van der Waals surface area contributed by atoms with Crippen molar-refractivity contribution in [2.75, 3.05) is 24.7 Å². The van der Waals surface area contributed by atoms with Crippen molar-refractivity contribution in [2.24, 2.45) is 0 Å². The van der Waals surface area contributed by atoms with Crippen LogP contribution in [0.1, 0.15) is 11.1 Å². The lowest BCUT2D eigenvalue weighted by atomic mass is 10.1. The van der Waals surface area contributed by atoms with Crippen molar-refractivity contribution in [3.05, 3.63) is 65.9 Å². The van der Waals surface area contributed by atoms with Crippen LogP contribution in [0.4, 0.5) is 18.9 Å². The number of alkyl halides is 3. The van der Waals surface area contributed by atoms with Crippen LogP contribution in [-0.2, 0) is 16.0 Å². The van der Waals surface area contributed by atoms with E-state index in [2.05, 4.69) is 11.1 Å². The number of morpholine rings is 1. The van der Waals surface area contributed by atoms with Gasteiger partial charge in [-0.2, -0.15) is 18.4 Å². The van der Waals surface area contributed by atoms with E-state index >= 15 is 0 Å². The van der Waals surface area contributed by atoms with Gasteiger partial charge in [-0.1, -0.05) is 24.3 Å². The van der Waals surface area contributed by atoms with E-state index in [0.29, 0.717) is 27.9 Å². The third-order valence-corrected chi connectivity index (χ3v) is 5.06. The van der Waals surface area contributed by atoms with Gasteiger partial charge in [0.2, 0.25) is 0 Å². The summed E-state index contributed by atoms with van der Waals surface area (Å²) in [5.41, 5.74) is 1.66. The van der Waals surface area contributed by atoms with Crippen LogP contribution in [0.3, 0.4) is 0 Å². The third-order valence-electron chi connectivity index (χ3n) is 5.06. The molecule has 1 atom stereocenters. The Labute approximate surface area is 181 Å². The molecular formula is C23H18F3N3O3. The van der Waals surface area contributed by atoms with E-state index in [9.17, 15) is 23.2 Å². The summed E-state index contributed by atoms with van der Waals surface area (Å²) in [7, 11) is 0. The van der Waals surface area contributed by atoms with Crippen LogP contribution in [0.5, 0.6) is 5.75 Å². The highest BCUT2D eigenvalue weighted by molar-refractivity contribution is 5.95. The Hall–Kier alpha value is -3.64. The topological polar surface area (TPSA) is 75.5 Å². The van der Waals surface area contributed by atoms with E-state index in [-0.39, 0.29) is 31.2 Å². The molecule has 0 saturated carbocycles. The quantitative estimate of drug-likeness (QED) is 0.598. The molecule has 1 amide bonds. The van der Waals surface area contributed by atoms with Crippen LogP contribution in [0, 0.1) is 11.3 Å². The molecule has 0 radical (unpaired) electrons. The molecule has 0 N–H and O–H groups in total. The number of anilines is 1. The number of ether oxygens (including phenoxy) is 2. The average molecular weight is 441 g/mol. The Morgan fingerprint density at radius 1 is 1.19 bits per heavy atom. The summed E-state index contributed by atoms with van der Waals surface area (Å²) >= 11 is 0. The maximum Gasteiger partial charge on any atom is 0.393 e. The van der Waals surface area contributed by atoms with Crippen LogP contribution in [-0.4, -0.2) is 42.9 Å². The van der Waals surface area contributed by atoms with Crippen molar-refractivity contribution < 1.29 is 27.4 Å². The number of fused-ring (bicyclic) bond motifs is 1. The first-order valence-electron chi connectivity index (χ1n) is 9.82. The molecule has 1 fully saturated rings. The van der Waals surface area contributed by atoms with E-state index in [1.807, 2.05) is 0 Å². The van der Waals surface area contributed by atoms with Gasteiger partial charge in [-0.25, -0.2) is 0 Å². The molecule has 2 heterocycles. The van der Waals surface area contributed by atoms with Crippen LogP contribution in [0.25, 0.3) is 10.9 Å². The van der Waals surface area contributed by atoms with Gasteiger partial charge in [0.1, 0.15) is 30.6 Å². The lowest BCUT2D eigenvalue weighted by Gasteiger charge is -2.32. The minimum atomic E-state index is -4.29. The van der Waals surface area contributed by atoms with Crippen LogP contribution < -0.4 is 9.64 Å². The number of rotatable bonds is 5. The minimum Gasteiger partial charge on any atom is -0.489 e. The molecule has 1 aliphatic rings. The number of hydrogen-bond acceptors (Lipinski definition) is 5. The maximum absolute atomic E-state index is 12.6. The molecule has 3 aromatic rings. The number of benzene rings is 2. The summed E-state index contributed by atoms with van der Waals surface area (Å²) in [4.78, 5) is 18.1. The van der Waals surface area contributed by atoms with Crippen molar-refractivity contribution in [3.63, 3.8) is 0 Å². The highest BCUT2D eigenvalue weighted by Gasteiger charge is 2.30. The van der Waals surface area contributed by atoms with Crippen molar-refractivity contribution in [2.45, 2.75) is 18.7 Å². The Morgan fingerprint density at radius 3 is 2.69 bits per heavy atom. The standard InChI is InChI=1S/C23H18F3N3O3/c24-23(25,26)10-15-4-6-17(7-5-15)29-12-18(31-14-21(29)30)13-32-20-3-1-2-19-16(11-27)8-9-28-22(19)20/h1-9,18H,10,12-14H2/t18-/m0/s1. The Kier molecular flexibility index (Phi) is 5.97. The lowest BCUT2D eigenvalue weighted by molar-refractivity contribution is -0.130. The minimum absolute atomic E-state index is 0.127. The number of amides is 1. The predicted molar refractivity (Wildman–Crippen MR) is 110 cm³/mol. The molecule has 0 spiro atoms. The zero-order valence-electron chi connectivity index (χ0n) is 16.8. The molecular weight excluding hydrogens is 423 g/mol. The fourth-order valence-electron chi connectivity index (χ4n) is 3.55. The van der Waals surface area contributed by atoms with Crippen LogP contribution >= 0.6 is 0 Å². The van der Waals surface area contributed by atoms with Gasteiger partial charge in [0, 0.05) is 17.3 Å². The summed E-state index contributed by atoms with van der Waals surface area (Å²) in [5.74, 6) is 0.207. The van der Waals surface area contributed by atoms with Gasteiger partial charge in [-0.3, -0.25) is 9.78 Å². The van der Waals surface area contributed by atoms with E-state index in [1.54, 1.807) is 24.3 Å². The first kappa shape index (κ1) is 21.6. The fourth-order valence-corrected chi connectivity index (χ4v) is 3.55. The molecule has 0 bridgehead atoms. The number of halogens is 3. The first-order chi connectivity index (χ1) is 15.3. The second kappa shape index (κ2) is 8.85.